The van der Waals surface area contributed by atoms with Gasteiger partial charge in [0, 0.05) is 13.1 Å². The van der Waals surface area contributed by atoms with Crippen molar-refractivity contribution in [1.29, 1.82) is 0 Å². The molecular formula is C15H17F4NO2. The number of aliphatic hydroxyl groups is 1. The van der Waals surface area contributed by atoms with Gasteiger partial charge in [0.25, 0.3) is 0 Å². The van der Waals surface area contributed by atoms with E-state index in [1.165, 1.54) is 19.1 Å². The third kappa shape index (κ3) is 5.48. The Bertz CT molecular complexity index is 543. The molecule has 0 saturated carbocycles. The molecule has 0 aliphatic rings. The number of alkyl halides is 3. The summed E-state index contributed by atoms with van der Waals surface area (Å²) in [6.07, 6.45) is -6.76. The summed E-state index contributed by atoms with van der Waals surface area (Å²) >= 11 is 0. The van der Waals surface area contributed by atoms with E-state index in [0.717, 1.165) is 11.0 Å². The highest BCUT2D eigenvalue weighted by Gasteiger charge is 2.32. The monoisotopic (exact) mass is 319 g/mol. The van der Waals surface area contributed by atoms with Gasteiger partial charge < -0.3 is 10.0 Å². The van der Waals surface area contributed by atoms with E-state index in [-0.39, 0.29) is 6.54 Å². The molecule has 0 aliphatic heterocycles. The summed E-state index contributed by atoms with van der Waals surface area (Å²) in [5, 5.41) is 9.48. The van der Waals surface area contributed by atoms with E-state index in [1.807, 2.05) is 0 Å². The predicted molar refractivity (Wildman–Crippen MR) is 73.4 cm³/mol. The average Bonchev–Trinajstić information content (AvgIpc) is 2.40. The van der Waals surface area contributed by atoms with Crippen molar-refractivity contribution in [2.75, 3.05) is 6.54 Å². The van der Waals surface area contributed by atoms with Crippen LogP contribution in [0.3, 0.4) is 0 Å². The quantitative estimate of drug-likeness (QED) is 0.647. The van der Waals surface area contributed by atoms with Crippen molar-refractivity contribution in [1.82, 2.24) is 4.90 Å². The molecule has 1 rings (SSSR count). The molecule has 0 aromatic heterocycles. The maximum atomic E-state index is 13.5. The molecule has 1 aromatic rings. The molecule has 1 amide bonds. The van der Waals surface area contributed by atoms with Gasteiger partial charge >= 0.3 is 6.18 Å². The number of aliphatic hydroxyl groups excluding tert-OH is 1. The van der Waals surface area contributed by atoms with Crippen LogP contribution in [0.25, 0.3) is 0 Å². The van der Waals surface area contributed by atoms with E-state index in [4.69, 9.17) is 0 Å². The second kappa shape index (κ2) is 7.40. The van der Waals surface area contributed by atoms with Gasteiger partial charge in [-0.15, -0.1) is 0 Å². The number of nitrogens with zero attached hydrogens (tertiary/aromatic N) is 1. The van der Waals surface area contributed by atoms with Crippen molar-refractivity contribution in [3.63, 3.8) is 0 Å². The topological polar surface area (TPSA) is 40.5 Å². The van der Waals surface area contributed by atoms with Crippen LogP contribution in [0.15, 0.2) is 30.9 Å². The van der Waals surface area contributed by atoms with Crippen LogP contribution in [0, 0.1) is 12.7 Å². The van der Waals surface area contributed by atoms with Gasteiger partial charge in [-0.25, -0.2) is 4.39 Å². The molecule has 1 atom stereocenters. The van der Waals surface area contributed by atoms with Crippen molar-refractivity contribution in [2.24, 2.45) is 0 Å². The molecule has 0 heterocycles. The average molecular weight is 319 g/mol. The van der Waals surface area contributed by atoms with E-state index in [0.29, 0.717) is 11.1 Å². The van der Waals surface area contributed by atoms with Gasteiger partial charge in [0.15, 0.2) is 0 Å². The lowest BCUT2D eigenvalue weighted by molar-refractivity contribution is -0.157. The second-order valence-electron chi connectivity index (χ2n) is 4.92. The summed E-state index contributed by atoms with van der Waals surface area (Å²) in [6.45, 7) is 4.16. The summed E-state index contributed by atoms with van der Waals surface area (Å²) < 4.78 is 50.2. The van der Waals surface area contributed by atoms with Crippen molar-refractivity contribution in [2.45, 2.75) is 32.2 Å². The largest absolute Gasteiger partial charge is 0.391 e. The molecule has 22 heavy (non-hydrogen) atoms. The summed E-state index contributed by atoms with van der Waals surface area (Å²) in [7, 11) is 0. The Labute approximate surface area is 125 Å². The Balaban J connectivity index is 2.88. The van der Waals surface area contributed by atoms with Crippen LogP contribution in [0.5, 0.6) is 0 Å². The number of benzene rings is 1. The maximum absolute atomic E-state index is 13.5. The fourth-order valence-electron chi connectivity index (χ4n) is 1.98. The van der Waals surface area contributed by atoms with E-state index in [1.54, 1.807) is 6.07 Å². The minimum Gasteiger partial charge on any atom is -0.391 e. The molecule has 1 aromatic carbocycles. The maximum Gasteiger partial charge on any atom is 0.391 e. The zero-order chi connectivity index (χ0) is 16.9. The fraction of sp³-hybridized carbons (Fsp3) is 0.400. The lowest BCUT2D eigenvalue weighted by Gasteiger charge is -2.25. The molecule has 0 aliphatic carbocycles. The summed E-state index contributed by atoms with van der Waals surface area (Å²) in [5.74, 6) is -1.11. The van der Waals surface area contributed by atoms with Crippen molar-refractivity contribution in [3.05, 3.63) is 47.8 Å². The van der Waals surface area contributed by atoms with Gasteiger partial charge in [-0.1, -0.05) is 18.7 Å². The Morgan fingerprint density at radius 2 is 2.09 bits per heavy atom. The molecule has 3 nitrogen and oxygen atoms in total. The van der Waals surface area contributed by atoms with Gasteiger partial charge in [-0.3, -0.25) is 4.79 Å². The first-order chi connectivity index (χ1) is 10.1. The summed E-state index contributed by atoms with van der Waals surface area (Å²) in [4.78, 5) is 12.7. The Hall–Kier alpha value is -1.89. The minimum absolute atomic E-state index is 0.108. The van der Waals surface area contributed by atoms with Crippen LogP contribution >= 0.6 is 0 Å². The van der Waals surface area contributed by atoms with Gasteiger partial charge in [-0.05, 0) is 30.2 Å². The molecule has 122 valence electrons. The fourth-order valence-corrected chi connectivity index (χ4v) is 1.98. The molecule has 7 heteroatoms. The molecule has 0 fully saturated rings. The molecular weight excluding hydrogens is 302 g/mol. The molecule has 0 spiro atoms. The molecule has 0 bridgehead atoms. The number of carbonyl (C=O) groups excluding carboxylic acids is 1. The Morgan fingerprint density at radius 3 is 2.64 bits per heavy atom. The highest BCUT2D eigenvalue weighted by Crippen LogP contribution is 2.22. The second-order valence-corrected chi connectivity index (χ2v) is 4.92. The van der Waals surface area contributed by atoms with Crippen molar-refractivity contribution >= 4 is 5.91 Å². The number of hydrogen-bond acceptors (Lipinski definition) is 2. The zero-order valence-corrected chi connectivity index (χ0v) is 12.0. The Morgan fingerprint density at radius 1 is 1.45 bits per heavy atom. The molecule has 1 N–H and O–H groups in total. The first kappa shape index (κ1) is 18.2. The molecule has 0 radical (unpaired) electrons. The van der Waals surface area contributed by atoms with Crippen molar-refractivity contribution < 1.29 is 27.5 Å². The van der Waals surface area contributed by atoms with Gasteiger partial charge in [0.1, 0.15) is 5.82 Å². The van der Waals surface area contributed by atoms with E-state index >= 15 is 0 Å². The number of halogens is 4. The number of amides is 1. The predicted octanol–water partition coefficient (Wildman–Crippen LogP) is 2.96. The first-order valence-electron chi connectivity index (χ1n) is 6.54. The van der Waals surface area contributed by atoms with Crippen LogP contribution in [0.1, 0.15) is 17.5 Å². The molecule has 0 saturated heterocycles. The van der Waals surface area contributed by atoms with Gasteiger partial charge in [0.05, 0.1) is 12.5 Å². The summed E-state index contributed by atoms with van der Waals surface area (Å²) in [6, 6.07) is 4.26. The van der Waals surface area contributed by atoms with E-state index in [2.05, 4.69) is 6.58 Å². The number of rotatable bonds is 6. The third-order valence-corrected chi connectivity index (χ3v) is 3.13. The normalized spacial score (nSPS) is 12.8. The number of carbonyl (C=O) groups is 1. The van der Waals surface area contributed by atoms with Crippen LogP contribution in [0.2, 0.25) is 0 Å². The van der Waals surface area contributed by atoms with Crippen LogP contribution in [-0.2, 0) is 11.3 Å². The highest BCUT2D eigenvalue weighted by atomic mass is 19.4. The highest BCUT2D eigenvalue weighted by molar-refractivity contribution is 5.87. The smallest absolute Gasteiger partial charge is 0.391 e. The lowest BCUT2D eigenvalue weighted by atomic mass is 10.1. The minimum atomic E-state index is -4.53. The van der Waals surface area contributed by atoms with Gasteiger partial charge in [-0.2, -0.15) is 13.2 Å². The number of hydrogen-bond donors (Lipinski definition) is 1. The third-order valence-electron chi connectivity index (χ3n) is 3.13. The van der Waals surface area contributed by atoms with Crippen LogP contribution in [0.4, 0.5) is 17.6 Å². The van der Waals surface area contributed by atoms with E-state index in [9.17, 15) is 27.5 Å². The summed E-state index contributed by atoms with van der Waals surface area (Å²) in [5.41, 5.74) is 0.754. The lowest BCUT2D eigenvalue weighted by Crippen LogP contribution is -2.38. The first-order valence-corrected chi connectivity index (χ1v) is 6.54. The van der Waals surface area contributed by atoms with Crippen LogP contribution < -0.4 is 0 Å². The Kier molecular flexibility index (Phi) is 6.11. The van der Waals surface area contributed by atoms with Gasteiger partial charge in [0.2, 0.25) is 5.91 Å². The SMILES string of the molecule is C=CC(=O)N(Cc1cccc(F)c1C)CC(O)CC(F)(F)F. The zero-order valence-electron chi connectivity index (χ0n) is 12.0. The van der Waals surface area contributed by atoms with Crippen molar-refractivity contribution in [3.8, 4) is 0 Å². The van der Waals surface area contributed by atoms with Crippen LogP contribution in [-0.4, -0.2) is 34.7 Å². The molecule has 1 unspecified atom stereocenters. The standard InChI is InChI=1S/C15H17F4NO2/c1-3-14(22)20(9-12(21)7-15(17,18)19)8-11-5-4-6-13(16)10(11)2/h3-6,12,21H,1,7-9H2,2H3. The van der Waals surface area contributed by atoms with E-state index < -0.39 is 37.0 Å².